The Morgan fingerprint density at radius 2 is 1.36 bits per heavy atom. The number of hydrogen-bond donors (Lipinski definition) is 0. The standard InChI is InChI=1S/C19H31O2P/c1-5-9-14-13-18(19(20)21-22)17(12-8-4)16(11-7-3)15(14)10-6-2/h13H,5-12,22H2,1-4H3. The Morgan fingerprint density at radius 3 is 1.86 bits per heavy atom. The van der Waals surface area contributed by atoms with Crippen molar-refractivity contribution < 1.29 is 9.32 Å². The number of carbonyl (C=O) groups excluding carboxylic acids is 1. The third kappa shape index (κ3) is 4.56. The maximum atomic E-state index is 12.2. The summed E-state index contributed by atoms with van der Waals surface area (Å²) in [5.41, 5.74) is 6.26. The van der Waals surface area contributed by atoms with Crippen LogP contribution in [0.5, 0.6) is 0 Å². The van der Waals surface area contributed by atoms with Crippen molar-refractivity contribution in [2.24, 2.45) is 0 Å². The molecule has 0 bridgehead atoms. The van der Waals surface area contributed by atoms with E-state index in [9.17, 15) is 4.79 Å². The molecule has 0 aliphatic heterocycles. The van der Waals surface area contributed by atoms with Gasteiger partial charge in [0.15, 0.2) is 0 Å². The van der Waals surface area contributed by atoms with Crippen molar-refractivity contribution in [2.75, 3.05) is 0 Å². The molecule has 0 amide bonds. The Bertz CT molecular complexity index is 495. The van der Waals surface area contributed by atoms with Gasteiger partial charge in [-0.3, -0.25) is 0 Å². The van der Waals surface area contributed by atoms with Gasteiger partial charge in [0.2, 0.25) is 0 Å². The van der Waals surface area contributed by atoms with Crippen molar-refractivity contribution in [2.45, 2.75) is 79.1 Å². The van der Waals surface area contributed by atoms with Crippen molar-refractivity contribution in [3.05, 3.63) is 33.9 Å². The van der Waals surface area contributed by atoms with Gasteiger partial charge in [-0.15, -0.1) is 0 Å². The third-order valence-corrected chi connectivity index (χ3v) is 4.32. The fourth-order valence-electron chi connectivity index (χ4n) is 3.27. The quantitative estimate of drug-likeness (QED) is 0.566. The van der Waals surface area contributed by atoms with Crippen molar-refractivity contribution in [1.29, 1.82) is 0 Å². The first-order chi connectivity index (χ1) is 10.6. The number of aryl methyl sites for hydroxylation is 1. The van der Waals surface area contributed by atoms with Gasteiger partial charge in [0.1, 0.15) is 0 Å². The molecule has 22 heavy (non-hydrogen) atoms. The van der Waals surface area contributed by atoms with Crippen LogP contribution in [-0.2, 0) is 30.2 Å². The maximum Gasteiger partial charge on any atom is 0.340 e. The molecule has 0 saturated carbocycles. The molecule has 0 aliphatic carbocycles. The minimum Gasteiger partial charge on any atom is -0.448 e. The van der Waals surface area contributed by atoms with Crippen LogP contribution in [0.1, 0.15) is 86.0 Å². The molecule has 1 aromatic rings. The van der Waals surface area contributed by atoms with Crippen LogP contribution in [0.4, 0.5) is 0 Å². The van der Waals surface area contributed by atoms with E-state index in [1.54, 1.807) is 0 Å². The van der Waals surface area contributed by atoms with E-state index in [-0.39, 0.29) is 5.97 Å². The fraction of sp³-hybridized carbons (Fsp3) is 0.632. The van der Waals surface area contributed by atoms with Crippen LogP contribution in [0.25, 0.3) is 0 Å². The lowest BCUT2D eigenvalue weighted by Gasteiger charge is -2.21. The average Bonchev–Trinajstić information content (AvgIpc) is 2.52. The SMILES string of the molecule is CCCc1cc(C(=O)OP)c(CCC)c(CCC)c1CCC. The molecular formula is C19H31O2P. The highest BCUT2D eigenvalue weighted by atomic mass is 31.0. The van der Waals surface area contributed by atoms with Gasteiger partial charge in [0.05, 0.1) is 15.0 Å². The summed E-state index contributed by atoms with van der Waals surface area (Å²) in [7, 11) is 2.10. The molecule has 0 fully saturated rings. The van der Waals surface area contributed by atoms with Gasteiger partial charge in [-0.2, -0.15) is 0 Å². The van der Waals surface area contributed by atoms with Crippen LogP contribution >= 0.6 is 9.47 Å². The topological polar surface area (TPSA) is 26.3 Å². The van der Waals surface area contributed by atoms with Gasteiger partial charge in [-0.1, -0.05) is 53.4 Å². The zero-order chi connectivity index (χ0) is 16.5. The molecule has 0 aliphatic rings. The van der Waals surface area contributed by atoms with Crippen LogP contribution in [0.3, 0.4) is 0 Å². The minimum absolute atomic E-state index is 0.216. The number of benzene rings is 1. The summed E-state index contributed by atoms with van der Waals surface area (Å²) < 4.78 is 4.97. The zero-order valence-corrected chi connectivity index (χ0v) is 15.8. The lowest BCUT2D eigenvalue weighted by atomic mass is 9.84. The summed E-state index contributed by atoms with van der Waals surface area (Å²) in [4.78, 5) is 12.2. The van der Waals surface area contributed by atoms with Crippen LogP contribution in [0, 0.1) is 0 Å². The predicted molar refractivity (Wildman–Crippen MR) is 97.5 cm³/mol. The predicted octanol–water partition coefficient (Wildman–Crippen LogP) is 5.44. The Morgan fingerprint density at radius 1 is 0.864 bits per heavy atom. The summed E-state index contributed by atoms with van der Waals surface area (Å²) in [6.45, 7) is 8.81. The van der Waals surface area contributed by atoms with E-state index >= 15 is 0 Å². The van der Waals surface area contributed by atoms with Crippen molar-refractivity contribution in [3.8, 4) is 0 Å². The first-order valence-corrected chi connectivity index (χ1v) is 9.19. The van der Waals surface area contributed by atoms with Crippen molar-refractivity contribution >= 4 is 15.4 Å². The number of rotatable bonds is 9. The molecule has 3 heteroatoms. The highest BCUT2D eigenvalue weighted by Gasteiger charge is 2.20. The zero-order valence-electron chi connectivity index (χ0n) is 14.6. The van der Waals surface area contributed by atoms with Gasteiger partial charge >= 0.3 is 5.97 Å². The van der Waals surface area contributed by atoms with E-state index in [2.05, 4.69) is 43.2 Å². The summed E-state index contributed by atoms with van der Waals surface area (Å²) in [5, 5.41) is 0. The van der Waals surface area contributed by atoms with E-state index in [0.717, 1.165) is 56.9 Å². The average molecular weight is 322 g/mol. The molecular weight excluding hydrogens is 291 g/mol. The molecule has 0 heterocycles. The summed E-state index contributed by atoms with van der Waals surface area (Å²) in [6, 6.07) is 2.10. The molecule has 124 valence electrons. The molecule has 1 aromatic carbocycles. The Labute approximate surface area is 138 Å². The van der Waals surface area contributed by atoms with Gasteiger partial charge in [0.25, 0.3) is 0 Å². The Hall–Kier alpha value is -0.880. The van der Waals surface area contributed by atoms with E-state index < -0.39 is 0 Å². The lowest BCUT2D eigenvalue weighted by molar-refractivity contribution is 0.0764. The van der Waals surface area contributed by atoms with Gasteiger partial charge in [-0.25, -0.2) is 4.79 Å². The van der Waals surface area contributed by atoms with Gasteiger partial charge in [-0.05, 0) is 54.0 Å². The molecule has 2 nitrogen and oxygen atoms in total. The molecule has 0 radical (unpaired) electrons. The van der Waals surface area contributed by atoms with Crippen molar-refractivity contribution in [1.82, 2.24) is 0 Å². The number of hydrogen-bond acceptors (Lipinski definition) is 2. The maximum absolute atomic E-state index is 12.2. The normalized spacial score (nSPS) is 10.8. The monoisotopic (exact) mass is 322 g/mol. The van der Waals surface area contributed by atoms with Crippen LogP contribution < -0.4 is 0 Å². The second-order valence-corrected chi connectivity index (χ2v) is 6.16. The first kappa shape index (κ1) is 19.2. The highest BCUT2D eigenvalue weighted by Crippen LogP contribution is 2.29. The molecule has 1 unspecified atom stereocenters. The van der Waals surface area contributed by atoms with Crippen molar-refractivity contribution in [3.63, 3.8) is 0 Å². The minimum atomic E-state index is -0.216. The van der Waals surface area contributed by atoms with Gasteiger partial charge < -0.3 is 4.52 Å². The molecule has 0 saturated heterocycles. The molecule has 0 spiro atoms. The van der Waals surface area contributed by atoms with E-state index in [0.29, 0.717) is 0 Å². The number of carbonyl (C=O) groups is 1. The van der Waals surface area contributed by atoms with Crippen LogP contribution in [0.15, 0.2) is 6.07 Å². The van der Waals surface area contributed by atoms with E-state index in [4.69, 9.17) is 4.52 Å². The largest absolute Gasteiger partial charge is 0.448 e. The Balaban J connectivity index is 3.59. The Kier molecular flexibility index (Phi) is 8.71. The highest BCUT2D eigenvalue weighted by molar-refractivity contribution is 7.10. The van der Waals surface area contributed by atoms with Gasteiger partial charge in [0, 0.05) is 0 Å². The smallest absolute Gasteiger partial charge is 0.340 e. The summed E-state index contributed by atoms with van der Waals surface area (Å²) in [5.74, 6) is -0.216. The molecule has 0 N–H and O–H groups in total. The summed E-state index contributed by atoms with van der Waals surface area (Å²) >= 11 is 0. The van der Waals surface area contributed by atoms with Crippen LogP contribution in [-0.4, -0.2) is 5.97 Å². The van der Waals surface area contributed by atoms with Crippen LogP contribution in [0.2, 0.25) is 0 Å². The first-order valence-electron chi connectivity index (χ1n) is 8.71. The second kappa shape index (κ2) is 10.0. The van der Waals surface area contributed by atoms with E-state index in [1.807, 2.05) is 0 Å². The van der Waals surface area contributed by atoms with E-state index in [1.165, 1.54) is 22.3 Å². The lowest BCUT2D eigenvalue weighted by Crippen LogP contribution is -2.13. The fourth-order valence-corrected chi connectivity index (χ4v) is 3.40. The molecule has 0 aromatic heterocycles. The second-order valence-electron chi connectivity index (χ2n) is 5.92. The third-order valence-electron chi connectivity index (χ3n) is 4.11. The molecule has 1 atom stereocenters. The summed E-state index contributed by atoms with van der Waals surface area (Å²) in [6.07, 6.45) is 8.56. The molecule has 1 rings (SSSR count).